The molecule has 0 aromatic heterocycles. The number of rotatable bonds is 1. The second-order valence-corrected chi connectivity index (χ2v) is 3.67. The Hall–Kier alpha value is 0.0600. The standard InChI is InChI=1S/C6H5BrF6/c7-2-3-1-4(3,5(8,9)10)6(11,12)13/h3H,1-2H2. The van der Waals surface area contributed by atoms with Gasteiger partial charge in [-0.05, 0) is 12.3 Å². The van der Waals surface area contributed by atoms with Crippen molar-refractivity contribution in [3.05, 3.63) is 0 Å². The topological polar surface area (TPSA) is 0 Å². The van der Waals surface area contributed by atoms with Gasteiger partial charge < -0.3 is 0 Å². The molecule has 13 heavy (non-hydrogen) atoms. The Labute approximate surface area is 78.4 Å². The normalized spacial score (nSPS) is 27.5. The van der Waals surface area contributed by atoms with Crippen LogP contribution in [0.4, 0.5) is 26.3 Å². The summed E-state index contributed by atoms with van der Waals surface area (Å²) in [6.45, 7) is 0. The molecule has 0 aromatic rings. The van der Waals surface area contributed by atoms with Gasteiger partial charge in [0.2, 0.25) is 0 Å². The SMILES string of the molecule is FC(F)(F)C1(C(F)(F)F)CC1CBr. The molecule has 0 bridgehead atoms. The van der Waals surface area contributed by atoms with Crippen LogP contribution >= 0.6 is 15.9 Å². The Morgan fingerprint density at radius 1 is 1.08 bits per heavy atom. The quantitative estimate of drug-likeness (QED) is 0.505. The third-order valence-corrected chi connectivity index (χ3v) is 3.08. The molecule has 0 nitrogen and oxygen atoms in total. The molecule has 0 aliphatic heterocycles. The highest BCUT2D eigenvalue weighted by Crippen LogP contribution is 2.70. The molecule has 1 fully saturated rings. The molecule has 1 saturated carbocycles. The molecule has 0 radical (unpaired) electrons. The molecule has 0 amide bonds. The zero-order valence-electron chi connectivity index (χ0n) is 6.14. The largest absolute Gasteiger partial charge is 0.403 e. The molecule has 0 N–H and O–H groups in total. The zero-order chi connectivity index (χ0) is 10.5. The van der Waals surface area contributed by atoms with E-state index in [4.69, 9.17) is 0 Å². The minimum Gasteiger partial charge on any atom is -0.170 e. The van der Waals surface area contributed by atoms with Crippen LogP contribution in [0.1, 0.15) is 6.42 Å². The number of hydrogen-bond donors (Lipinski definition) is 0. The van der Waals surface area contributed by atoms with Gasteiger partial charge in [0.1, 0.15) is 0 Å². The van der Waals surface area contributed by atoms with Gasteiger partial charge in [-0.15, -0.1) is 0 Å². The second-order valence-electron chi connectivity index (χ2n) is 3.02. The fourth-order valence-corrected chi connectivity index (χ4v) is 2.15. The Balaban J connectivity index is 2.95. The maximum absolute atomic E-state index is 12.1. The lowest BCUT2D eigenvalue weighted by molar-refractivity contribution is -0.304. The molecule has 1 unspecified atom stereocenters. The van der Waals surface area contributed by atoms with Crippen molar-refractivity contribution in [1.82, 2.24) is 0 Å². The van der Waals surface area contributed by atoms with E-state index >= 15 is 0 Å². The van der Waals surface area contributed by atoms with E-state index in [1.165, 1.54) is 0 Å². The lowest BCUT2D eigenvalue weighted by Crippen LogP contribution is -2.40. The maximum atomic E-state index is 12.1. The highest BCUT2D eigenvalue weighted by molar-refractivity contribution is 9.09. The fraction of sp³-hybridized carbons (Fsp3) is 1.00. The van der Waals surface area contributed by atoms with E-state index in [1.807, 2.05) is 0 Å². The van der Waals surface area contributed by atoms with Crippen molar-refractivity contribution in [3.8, 4) is 0 Å². The van der Waals surface area contributed by atoms with Crippen LogP contribution in [-0.4, -0.2) is 17.7 Å². The van der Waals surface area contributed by atoms with Gasteiger partial charge >= 0.3 is 12.4 Å². The third-order valence-electron chi connectivity index (χ3n) is 2.30. The average molecular weight is 271 g/mol. The van der Waals surface area contributed by atoms with Crippen molar-refractivity contribution in [2.24, 2.45) is 11.3 Å². The summed E-state index contributed by atoms with van der Waals surface area (Å²) in [5.74, 6) is -1.37. The van der Waals surface area contributed by atoms with Crippen molar-refractivity contribution in [3.63, 3.8) is 0 Å². The van der Waals surface area contributed by atoms with Crippen LogP contribution in [0.2, 0.25) is 0 Å². The van der Waals surface area contributed by atoms with Gasteiger partial charge in [0, 0.05) is 5.33 Å². The highest BCUT2D eigenvalue weighted by atomic mass is 79.9. The molecular weight excluding hydrogens is 266 g/mol. The van der Waals surface area contributed by atoms with Crippen LogP contribution < -0.4 is 0 Å². The highest BCUT2D eigenvalue weighted by Gasteiger charge is 2.82. The lowest BCUT2D eigenvalue weighted by Gasteiger charge is -2.23. The molecule has 0 spiro atoms. The van der Waals surface area contributed by atoms with Crippen molar-refractivity contribution >= 4 is 15.9 Å². The molecule has 0 saturated heterocycles. The van der Waals surface area contributed by atoms with E-state index in [2.05, 4.69) is 15.9 Å². The van der Waals surface area contributed by atoms with Gasteiger partial charge in [0.05, 0.1) is 0 Å². The summed E-state index contributed by atoms with van der Waals surface area (Å²) in [6.07, 6.45) is -11.2. The molecule has 1 atom stereocenters. The summed E-state index contributed by atoms with van der Waals surface area (Å²) in [6, 6.07) is 0. The minimum absolute atomic E-state index is 0.272. The number of alkyl halides is 7. The van der Waals surface area contributed by atoms with Gasteiger partial charge in [-0.25, -0.2) is 0 Å². The molecule has 1 aliphatic carbocycles. The smallest absolute Gasteiger partial charge is 0.170 e. The van der Waals surface area contributed by atoms with Crippen molar-refractivity contribution in [2.45, 2.75) is 18.8 Å². The van der Waals surface area contributed by atoms with Gasteiger partial charge in [-0.3, -0.25) is 0 Å². The van der Waals surface area contributed by atoms with Crippen LogP contribution in [0.3, 0.4) is 0 Å². The van der Waals surface area contributed by atoms with Gasteiger partial charge in [0.15, 0.2) is 5.41 Å². The van der Waals surface area contributed by atoms with Crippen molar-refractivity contribution in [1.29, 1.82) is 0 Å². The maximum Gasteiger partial charge on any atom is 0.403 e. The van der Waals surface area contributed by atoms with Crippen LogP contribution in [-0.2, 0) is 0 Å². The van der Waals surface area contributed by atoms with Crippen molar-refractivity contribution in [2.75, 3.05) is 5.33 Å². The average Bonchev–Trinajstić information content (AvgIpc) is 2.57. The monoisotopic (exact) mass is 270 g/mol. The van der Waals surface area contributed by atoms with Crippen LogP contribution in [0.15, 0.2) is 0 Å². The Kier molecular flexibility index (Phi) is 2.38. The molecule has 7 heteroatoms. The van der Waals surface area contributed by atoms with Crippen LogP contribution in [0.25, 0.3) is 0 Å². The zero-order valence-corrected chi connectivity index (χ0v) is 7.72. The molecule has 1 rings (SSSR count). The summed E-state index contributed by atoms with van der Waals surface area (Å²) in [5, 5.41) is -0.272. The predicted octanol–water partition coefficient (Wildman–Crippen LogP) is 3.51. The van der Waals surface area contributed by atoms with Crippen LogP contribution in [0, 0.1) is 11.3 Å². The Bertz CT molecular complexity index is 190. The molecule has 0 aromatic carbocycles. The predicted molar refractivity (Wildman–Crippen MR) is 36.4 cm³/mol. The second kappa shape index (κ2) is 2.77. The summed E-state index contributed by atoms with van der Waals surface area (Å²) >= 11 is 2.64. The summed E-state index contributed by atoms with van der Waals surface area (Å²) < 4.78 is 72.5. The first kappa shape index (κ1) is 11.1. The van der Waals surface area contributed by atoms with E-state index in [0.717, 1.165) is 0 Å². The van der Waals surface area contributed by atoms with E-state index in [1.54, 1.807) is 0 Å². The first-order valence-electron chi connectivity index (χ1n) is 3.36. The van der Waals surface area contributed by atoms with Crippen molar-refractivity contribution < 1.29 is 26.3 Å². The minimum atomic E-state index is -5.19. The number of halogens is 7. The van der Waals surface area contributed by atoms with E-state index in [9.17, 15) is 26.3 Å². The van der Waals surface area contributed by atoms with E-state index in [0.29, 0.717) is 0 Å². The Morgan fingerprint density at radius 2 is 1.46 bits per heavy atom. The lowest BCUT2D eigenvalue weighted by atomic mass is 10.0. The van der Waals surface area contributed by atoms with Crippen LogP contribution in [0.5, 0.6) is 0 Å². The fourth-order valence-electron chi connectivity index (χ4n) is 1.37. The number of hydrogen-bond acceptors (Lipinski definition) is 0. The molecule has 0 heterocycles. The first-order chi connectivity index (χ1) is 5.67. The third kappa shape index (κ3) is 1.45. The summed E-state index contributed by atoms with van der Waals surface area (Å²) in [7, 11) is 0. The van der Waals surface area contributed by atoms with Gasteiger partial charge in [-0.2, -0.15) is 26.3 Å². The summed E-state index contributed by atoms with van der Waals surface area (Å²) in [4.78, 5) is 0. The molecule has 1 aliphatic rings. The van der Waals surface area contributed by atoms with Gasteiger partial charge in [0.25, 0.3) is 0 Å². The molecular formula is C6H5BrF6. The van der Waals surface area contributed by atoms with E-state index in [-0.39, 0.29) is 5.33 Å². The van der Waals surface area contributed by atoms with Gasteiger partial charge in [-0.1, -0.05) is 15.9 Å². The molecule has 78 valence electrons. The Morgan fingerprint density at radius 3 is 1.54 bits per heavy atom. The first-order valence-corrected chi connectivity index (χ1v) is 4.48. The van der Waals surface area contributed by atoms with E-state index < -0.39 is 30.1 Å². The summed E-state index contributed by atoms with van der Waals surface area (Å²) in [5.41, 5.74) is -3.45.